The van der Waals surface area contributed by atoms with Crippen LogP contribution in [0.5, 0.6) is 0 Å². The predicted molar refractivity (Wildman–Crippen MR) is 87.2 cm³/mol. The molecule has 1 fully saturated rings. The van der Waals surface area contributed by atoms with Crippen LogP contribution in [0.1, 0.15) is 24.2 Å². The Morgan fingerprint density at radius 1 is 1.33 bits per heavy atom. The second-order valence-corrected chi connectivity index (χ2v) is 6.97. The van der Waals surface area contributed by atoms with Gasteiger partial charge in [-0.15, -0.1) is 0 Å². The summed E-state index contributed by atoms with van der Waals surface area (Å²) in [7, 11) is 0. The fourth-order valence-corrected chi connectivity index (χ4v) is 2.95. The number of rotatable bonds is 3. The Morgan fingerprint density at radius 3 is 2.52 bits per heavy atom. The monoisotopic (exact) mass is 355 g/mol. The highest BCUT2D eigenvalue weighted by molar-refractivity contribution is 9.10. The molecule has 0 unspecified atom stereocenters. The first kappa shape index (κ1) is 16.3. The lowest BCUT2D eigenvalue weighted by molar-refractivity contribution is 0.0178. The molecule has 1 aromatic carbocycles. The highest BCUT2D eigenvalue weighted by atomic mass is 79.9. The summed E-state index contributed by atoms with van der Waals surface area (Å²) in [5, 5.41) is 9.85. The summed E-state index contributed by atoms with van der Waals surface area (Å²) in [5.74, 6) is -0.00270. The molecule has 1 amide bonds. The predicted octanol–water partition coefficient (Wildman–Crippen LogP) is 1.56. The number of β-amino-alcohol motifs (C(OH)–C–C–N with tert-alkyl or cyclic N) is 1. The van der Waals surface area contributed by atoms with Crippen LogP contribution in [0.4, 0.5) is 5.69 Å². The Bertz CT molecular complexity index is 520. The molecule has 3 N–H and O–H groups in total. The van der Waals surface area contributed by atoms with Crippen molar-refractivity contribution in [2.75, 3.05) is 38.5 Å². The van der Waals surface area contributed by atoms with E-state index in [1.54, 1.807) is 32.0 Å². The van der Waals surface area contributed by atoms with Gasteiger partial charge in [-0.2, -0.15) is 0 Å². The van der Waals surface area contributed by atoms with E-state index in [2.05, 4.69) is 20.8 Å². The van der Waals surface area contributed by atoms with Gasteiger partial charge >= 0.3 is 0 Å². The normalized spacial score (nSPS) is 17.0. The van der Waals surface area contributed by atoms with Gasteiger partial charge in [0, 0.05) is 42.9 Å². The number of anilines is 1. The molecule has 1 heterocycles. The molecule has 0 bridgehead atoms. The van der Waals surface area contributed by atoms with Crippen LogP contribution in [0.3, 0.4) is 0 Å². The van der Waals surface area contributed by atoms with Crippen LogP contribution in [-0.2, 0) is 0 Å². The molecule has 0 spiro atoms. The summed E-state index contributed by atoms with van der Waals surface area (Å²) in [5.41, 5.74) is 6.24. The molecule has 5 nitrogen and oxygen atoms in total. The molecule has 1 aliphatic heterocycles. The fraction of sp³-hybridized carbons (Fsp3) is 0.533. The SMILES string of the molecule is CC(C)(O)CN1CCN(C(=O)c2cc(N)ccc2Br)CC1. The molecule has 0 aromatic heterocycles. The number of hydrogen-bond acceptors (Lipinski definition) is 4. The summed E-state index contributed by atoms with van der Waals surface area (Å²) in [6.45, 7) is 7.09. The third-order valence-electron chi connectivity index (χ3n) is 3.49. The number of carbonyl (C=O) groups excluding carboxylic acids is 1. The Labute approximate surface area is 133 Å². The zero-order chi connectivity index (χ0) is 15.6. The summed E-state index contributed by atoms with van der Waals surface area (Å²) in [4.78, 5) is 16.5. The average Bonchev–Trinajstić information content (AvgIpc) is 2.40. The molecule has 0 saturated carbocycles. The van der Waals surface area contributed by atoms with E-state index >= 15 is 0 Å². The van der Waals surface area contributed by atoms with E-state index in [-0.39, 0.29) is 5.91 Å². The van der Waals surface area contributed by atoms with E-state index in [1.165, 1.54) is 0 Å². The molecule has 0 aliphatic carbocycles. The van der Waals surface area contributed by atoms with Crippen molar-refractivity contribution >= 4 is 27.5 Å². The van der Waals surface area contributed by atoms with Crippen LogP contribution >= 0.6 is 15.9 Å². The number of halogens is 1. The minimum Gasteiger partial charge on any atom is -0.399 e. The Balaban J connectivity index is 1.99. The highest BCUT2D eigenvalue weighted by Crippen LogP contribution is 2.22. The highest BCUT2D eigenvalue weighted by Gasteiger charge is 2.26. The fourth-order valence-electron chi connectivity index (χ4n) is 2.53. The largest absolute Gasteiger partial charge is 0.399 e. The number of nitrogen functional groups attached to an aromatic ring is 1. The maximum Gasteiger partial charge on any atom is 0.255 e. The van der Waals surface area contributed by atoms with Crippen LogP contribution in [0.25, 0.3) is 0 Å². The maximum atomic E-state index is 12.5. The minimum atomic E-state index is -0.705. The van der Waals surface area contributed by atoms with Crippen molar-refractivity contribution in [3.63, 3.8) is 0 Å². The summed E-state index contributed by atoms with van der Waals surface area (Å²) >= 11 is 3.40. The van der Waals surface area contributed by atoms with E-state index in [0.29, 0.717) is 30.9 Å². The van der Waals surface area contributed by atoms with E-state index in [9.17, 15) is 9.90 Å². The van der Waals surface area contributed by atoms with Crippen molar-refractivity contribution < 1.29 is 9.90 Å². The first-order chi connectivity index (χ1) is 9.76. The van der Waals surface area contributed by atoms with Crippen molar-refractivity contribution in [1.29, 1.82) is 0 Å². The molecular formula is C15H22BrN3O2. The zero-order valence-corrected chi connectivity index (χ0v) is 14.1. The van der Waals surface area contributed by atoms with Gasteiger partial charge in [-0.3, -0.25) is 9.69 Å². The third kappa shape index (κ3) is 4.43. The number of nitrogens with zero attached hydrogens (tertiary/aromatic N) is 2. The summed E-state index contributed by atoms with van der Waals surface area (Å²) in [6, 6.07) is 5.27. The lowest BCUT2D eigenvalue weighted by Gasteiger charge is -2.37. The molecule has 1 aliphatic rings. The van der Waals surface area contributed by atoms with E-state index in [0.717, 1.165) is 17.6 Å². The second kappa shape index (κ2) is 6.34. The van der Waals surface area contributed by atoms with Gasteiger partial charge in [0.15, 0.2) is 0 Å². The Hall–Kier alpha value is -1.11. The van der Waals surface area contributed by atoms with Crippen molar-refractivity contribution in [2.45, 2.75) is 19.4 Å². The van der Waals surface area contributed by atoms with Crippen LogP contribution < -0.4 is 5.73 Å². The number of nitrogens with two attached hydrogens (primary N) is 1. The van der Waals surface area contributed by atoms with Gasteiger partial charge in [0.2, 0.25) is 0 Å². The summed E-state index contributed by atoms with van der Waals surface area (Å²) < 4.78 is 0.764. The van der Waals surface area contributed by atoms with Gasteiger partial charge in [0.1, 0.15) is 0 Å². The molecule has 2 rings (SSSR count). The third-order valence-corrected chi connectivity index (χ3v) is 4.18. The van der Waals surface area contributed by atoms with Gasteiger partial charge in [-0.05, 0) is 48.0 Å². The van der Waals surface area contributed by atoms with Gasteiger partial charge in [0.25, 0.3) is 5.91 Å². The van der Waals surface area contributed by atoms with E-state index in [4.69, 9.17) is 5.73 Å². The molecule has 6 heteroatoms. The van der Waals surface area contributed by atoms with Crippen molar-refractivity contribution in [2.24, 2.45) is 0 Å². The van der Waals surface area contributed by atoms with Crippen molar-refractivity contribution in [3.05, 3.63) is 28.2 Å². The molecule has 0 atom stereocenters. The van der Waals surface area contributed by atoms with Crippen molar-refractivity contribution in [1.82, 2.24) is 9.80 Å². The van der Waals surface area contributed by atoms with E-state index < -0.39 is 5.60 Å². The van der Waals surface area contributed by atoms with Crippen molar-refractivity contribution in [3.8, 4) is 0 Å². The number of hydrogen-bond donors (Lipinski definition) is 2. The second-order valence-electron chi connectivity index (χ2n) is 6.12. The number of carbonyl (C=O) groups is 1. The molecular weight excluding hydrogens is 334 g/mol. The number of amides is 1. The molecule has 0 radical (unpaired) electrons. The average molecular weight is 356 g/mol. The van der Waals surface area contributed by atoms with Crippen LogP contribution in [0, 0.1) is 0 Å². The van der Waals surface area contributed by atoms with Gasteiger partial charge < -0.3 is 15.7 Å². The smallest absolute Gasteiger partial charge is 0.255 e. The van der Waals surface area contributed by atoms with Gasteiger partial charge in [-0.1, -0.05) is 0 Å². The molecule has 21 heavy (non-hydrogen) atoms. The van der Waals surface area contributed by atoms with Crippen LogP contribution in [0.15, 0.2) is 22.7 Å². The topological polar surface area (TPSA) is 69.8 Å². The quantitative estimate of drug-likeness (QED) is 0.807. The lowest BCUT2D eigenvalue weighted by Crippen LogP contribution is -2.52. The minimum absolute atomic E-state index is 0.00270. The number of piperazine rings is 1. The summed E-state index contributed by atoms with van der Waals surface area (Å²) in [6.07, 6.45) is 0. The van der Waals surface area contributed by atoms with Gasteiger partial charge in [0.05, 0.1) is 11.2 Å². The first-order valence-electron chi connectivity index (χ1n) is 7.05. The molecule has 116 valence electrons. The molecule has 1 saturated heterocycles. The number of aliphatic hydroxyl groups is 1. The van der Waals surface area contributed by atoms with E-state index in [1.807, 2.05) is 4.90 Å². The van der Waals surface area contributed by atoms with Crippen LogP contribution in [-0.4, -0.2) is 59.1 Å². The molecule has 1 aromatic rings. The Kier molecular flexibility index (Phi) is 4.91. The zero-order valence-electron chi connectivity index (χ0n) is 12.5. The standard InChI is InChI=1S/C15H22BrN3O2/c1-15(2,21)10-18-5-7-19(8-6-18)14(20)12-9-11(17)3-4-13(12)16/h3-4,9,21H,5-8,10,17H2,1-2H3. The van der Waals surface area contributed by atoms with Gasteiger partial charge in [-0.25, -0.2) is 0 Å². The first-order valence-corrected chi connectivity index (χ1v) is 7.84. The lowest BCUT2D eigenvalue weighted by atomic mass is 10.1. The number of benzene rings is 1. The van der Waals surface area contributed by atoms with Crippen LogP contribution in [0.2, 0.25) is 0 Å². The maximum absolute atomic E-state index is 12.5. The Morgan fingerprint density at radius 2 is 1.95 bits per heavy atom.